The largest absolute Gasteiger partial charge is 0.427 e. The quantitative estimate of drug-likeness (QED) is 0.573. The van der Waals surface area contributed by atoms with Crippen molar-refractivity contribution in [3.63, 3.8) is 0 Å². The molecule has 0 saturated carbocycles. The molecule has 0 spiro atoms. The predicted octanol–water partition coefficient (Wildman–Crippen LogP) is 6.14. The zero-order chi connectivity index (χ0) is 19.9. The van der Waals surface area contributed by atoms with Crippen molar-refractivity contribution in [2.75, 3.05) is 18.0 Å². The molecule has 0 radical (unpaired) electrons. The van der Waals surface area contributed by atoms with E-state index in [-0.39, 0.29) is 18.1 Å². The third-order valence-corrected chi connectivity index (χ3v) is 4.73. The van der Waals surface area contributed by atoms with Crippen LogP contribution in [-0.4, -0.2) is 18.1 Å². The zero-order valence-corrected chi connectivity index (χ0v) is 14.8. The van der Waals surface area contributed by atoms with Gasteiger partial charge in [0.05, 0.1) is 22.0 Å². The van der Waals surface area contributed by atoms with Crippen molar-refractivity contribution in [1.82, 2.24) is 4.98 Å². The maximum absolute atomic E-state index is 14.5. The summed E-state index contributed by atoms with van der Waals surface area (Å²) in [6.07, 6.45) is -9.73. The summed E-state index contributed by atoms with van der Waals surface area (Å²) in [5.41, 5.74) is -3.25. The lowest BCUT2D eigenvalue weighted by Gasteiger charge is -2.26. The summed E-state index contributed by atoms with van der Waals surface area (Å²) in [6, 6.07) is 1.20. The minimum absolute atomic E-state index is 0.0223. The highest BCUT2D eigenvalue weighted by molar-refractivity contribution is 7.12. The molecule has 0 bridgehead atoms. The van der Waals surface area contributed by atoms with Crippen molar-refractivity contribution >= 4 is 17.0 Å². The first-order valence-electron chi connectivity index (χ1n) is 7.60. The standard InChI is InChI=1S/C16H15F7N2S/c1-4-25(5-2)13-10(15(18,19)20)6-9(7-11(13)17)12-14(16(21,22)23)26-8(3)24-12/h6-7H,4-5H2,1-3H3. The van der Waals surface area contributed by atoms with Crippen molar-refractivity contribution < 1.29 is 30.7 Å². The second kappa shape index (κ2) is 7.05. The minimum Gasteiger partial charge on any atom is -0.369 e. The molecular formula is C16H15F7N2S. The first-order valence-corrected chi connectivity index (χ1v) is 8.42. The van der Waals surface area contributed by atoms with Crippen molar-refractivity contribution in [3.8, 4) is 11.3 Å². The molecular weight excluding hydrogens is 385 g/mol. The molecule has 26 heavy (non-hydrogen) atoms. The van der Waals surface area contributed by atoms with Gasteiger partial charge in [0.1, 0.15) is 10.7 Å². The third kappa shape index (κ3) is 3.94. The fourth-order valence-corrected chi connectivity index (χ4v) is 3.44. The van der Waals surface area contributed by atoms with Gasteiger partial charge in [-0.15, -0.1) is 11.3 Å². The number of hydrogen-bond donors (Lipinski definition) is 0. The highest BCUT2D eigenvalue weighted by atomic mass is 32.1. The predicted molar refractivity (Wildman–Crippen MR) is 85.8 cm³/mol. The summed E-state index contributed by atoms with van der Waals surface area (Å²) in [4.78, 5) is 3.69. The third-order valence-electron chi connectivity index (χ3n) is 3.71. The average Bonchev–Trinajstić information content (AvgIpc) is 2.90. The van der Waals surface area contributed by atoms with Gasteiger partial charge in [-0.3, -0.25) is 0 Å². The Kier molecular flexibility index (Phi) is 5.55. The Morgan fingerprint density at radius 2 is 1.58 bits per heavy atom. The summed E-state index contributed by atoms with van der Waals surface area (Å²) in [5.74, 6) is -1.24. The van der Waals surface area contributed by atoms with Crippen LogP contribution < -0.4 is 4.90 Å². The number of hydrogen-bond acceptors (Lipinski definition) is 3. The maximum atomic E-state index is 14.5. The molecule has 0 fully saturated rings. The summed E-state index contributed by atoms with van der Waals surface area (Å²) in [6.45, 7) is 4.64. The Morgan fingerprint density at radius 1 is 1.00 bits per heavy atom. The van der Waals surface area contributed by atoms with E-state index >= 15 is 0 Å². The van der Waals surface area contributed by atoms with Gasteiger partial charge in [-0.25, -0.2) is 9.37 Å². The fraction of sp³-hybridized carbons (Fsp3) is 0.438. The van der Waals surface area contributed by atoms with E-state index in [0.29, 0.717) is 23.5 Å². The van der Waals surface area contributed by atoms with Crippen molar-refractivity contribution in [2.45, 2.75) is 33.1 Å². The molecule has 2 rings (SSSR count). The van der Waals surface area contributed by atoms with Crippen LogP contribution in [0.3, 0.4) is 0 Å². The number of aromatic nitrogens is 1. The zero-order valence-electron chi connectivity index (χ0n) is 14.0. The summed E-state index contributed by atoms with van der Waals surface area (Å²) in [5, 5.41) is 0.0223. The molecule has 1 heterocycles. The monoisotopic (exact) mass is 400 g/mol. The molecule has 0 atom stereocenters. The van der Waals surface area contributed by atoms with E-state index in [1.165, 1.54) is 11.8 Å². The Hall–Kier alpha value is -1.84. The van der Waals surface area contributed by atoms with Gasteiger partial charge in [-0.05, 0) is 32.9 Å². The fourth-order valence-electron chi connectivity index (χ4n) is 2.63. The van der Waals surface area contributed by atoms with E-state index in [0.717, 1.165) is 0 Å². The van der Waals surface area contributed by atoms with Crippen LogP contribution in [0.1, 0.15) is 29.3 Å². The van der Waals surface area contributed by atoms with Crippen molar-refractivity contribution in [1.29, 1.82) is 0 Å². The number of nitrogens with zero attached hydrogens (tertiary/aromatic N) is 2. The number of benzene rings is 1. The van der Waals surface area contributed by atoms with Gasteiger partial charge in [-0.1, -0.05) is 0 Å². The van der Waals surface area contributed by atoms with Crippen molar-refractivity contribution in [3.05, 3.63) is 33.4 Å². The van der Waals surface area contributed by atoms with E-state index in [9.17, 15) is 30.7 Å². The number of rotatable bonds is 4. The summed E-state index contributed by atoms with van der Waals surface area (Å²) in [7, 11) is 0. The van der Waals surface area contributed by atoms with Gasteiger partial charge >= 0.3 is 12.4 Å². The molecule has 0 unspecified atom stereocenters. The molecule has 0 N–H and O–H groups in total. The van der Waals surface area contributed by atoms with E-state index in [1.54, 1.807) is 13.8 Å². The van der Waals surface area contributed by atoms with Crippen LogP contribution in [-0.2, 0) is 12.4 Å². The molecule has 0 aliphatic rings. The summed E-state index contributed by atoms with van der Waals surface area (Å²) >= 11 is 0.305. The molecule has 0 aliphatic carbocycles. The van der Waals surface area contributed by atoms with Crippen LogP contribution in [0, 0.1) is 12.7 Å². The van der Waals surface area contributed by atoms with Crippen LogP contribution in [0.25, 0.3) is 11.3 Å². The highest BCUT2D eigenvalue weighted by Gasteiger charge is 2.40. The Balaban J connectivity index is 2.77. The minimum atomic E-state index is -4.93. The van der Waals surface area contributed by atoms with Crippen LogP contribution in [0.4, 0.5) is 36.4 Å². The lowest BCUT2D eigenvalue weighted by atomic mass is 10.0. The smallest absolute Gasteiger partial charge is 0.369 e. The van der Waals surface area contributed by atoms with E-state index in [1.807, 2.05) is 0 Å². The topological polar surface area (TPSA) is 16.1 Å². The summed E-state index contributed by atoms with van der Waals surface area (Å²) < 4.78 is 94.4. The van der Waals surface area contributed by atoms with E-state index in [4.69, 9.17) is 0 Å². The van der Waals surface area contributed by atoms with Gasteiger partial charge < -0.3 is 4.90 Å². The molecule has 1 aromatic heterocycles. The Labute approximate surface area is 149 Å². The van der Waals surface area contributed by atoms with Gasteiger partial charge in [-0.2, -0.15) is 26.3 Å². The molecule has 10 heteroatoms. The van der Waals surface area contributed by atoms with Gasteiger partial charge in [0.15, 0.2) is 0 Å². The average molecular weight is 400 g/mol. The number of anilines is 1. The molecule has 0 saturated heterocycles. The molecule has 0 aliphatic heterocycles. The second-order valence-corrected chi connectivity index (χ2v) is 6.64. The second-order valence-electron chi connectivity index (χ2n) is 5.43. The van der Waals surface area contributed by atoms with Crippen molar-refractivity contribution in [2.24, 2.45) is 0 Å². The van der Waals surface area contributed by atoms with Crippen LogP contribution >= 0.6 is 11.3 Å². The number of aryl methyl sites for hydroxylation is 1. The first kappa shape index (κ1) is 20.5. The van der Waals surface area contributed by atoms with E-state index in [2.05, 4.69) is 4.98 Å². The number of halogens is 7. The van der Waals surface area contributed by atoms with Crippen LogP contribution in [0.5, 0.6) is 0 Å². The SMILES string of the molecule is CCN(CC)c1c(F)cc(-c2nc(C)sc2C(F)(F)F)cc1C(F)(F)F. The van der Waals surface area contributed by atoms with Crippen LogP contribution in [0.2, 0.25) is 0 Å². The molecule has 2 aromatic rings. The van der Waals surface area contributed by atoms with E-state index < -0.39 is 45.6 Å². The Bertz CT molecular complexity index is 789. The molecule has 0 amide bonds. The number of thiazole rings is 1. The molecule has 2 nitrogen and oxygen atoms in total. The van der Waals surface area contributed by atoms with Gasteiger partial charge in [0, 0.05) is 18.7 Å². The molecule has 1 aromatic carbocycles. The highest BCUT2D eigenvalue weighted by Crippen LogP contribution is 2.45. The first-order chi connectivity index (χ1) is 11.9. The normalized spacial score (nSPS) is 12.5. The molecule has 144 valence electrons. The van der Waals surface area contributed by atoms with Gasteiger partial charge in [0.2, 0.25) is 0 Å². The number of alkyl halides is 6. The Morgan fingerprint density at radius 3 is 2.04 bits per heavy atom. The van der Waals surface area contributed by atoms with Gasteiger partial charge in [0.25, 0.3) is 0 Å². The maximum Gasteiger partial charge on any atom is 0.427 e. The lowest BCUT2D eigenvalue weighted by molar-refractivity contribution is -0.137. The van der Waals surface area contributed by atoms with Crippen LogP contribution in [0.15, 0.2) is 12.1 Å². The lowest BCUT2D eigenvalue weighted by Crippen LogP contribution is -2.26.